The summed E-state index contributed by atoms with van der Waals surface area (Å²) in [7, 11) is 2.86. The van der Waals surface area contributed by atoms with E-state index in [0.717, 1.165) is 22.3 Å². The lowest BCUT2D eigenvalue weighted by Gasteiger charge is -2.25. The lowest BCUT2D eigenvalue weighted by atomic mass is 10.2. The lowest BCUT2D eigenvalue weighted by molar-refractivity contribution is -0.884. The van der Waals surface area contributed by atoms with Gasteiger partial charge in [0.2, 0.25) is 9.84 Å². The fourth-order valence-electron chi connectivity index (χ4n) is 2.79. The quantitative estimate of drug-likeness (QED) is 0.589. The average molecular weight is 383 g/mol. The normalized spacial score (nSPS) is 12.0. The van der Waals surface area contributed by atoms with Gasteiger partial charge in [-0.1, -0.05) is 30.3 Å². The Balaban J connectivity index is 1.84. The summed E-state index contributed by atoms with van der Waals surface area (Å²) in [5, 5.41) is 0. The van der Waals surface area contributed by atoms with Crippen LogP contribution < -0.4 is 4.74 Å². The van der Waals surface area contributed by atoms with Crippen LogP contribution in [-0.2, 0) is 16.4 Å². The number of hydrogen-bond donors (Lipinski definition) is 0. The zero-order valence-electron chi connectivity index (χ0n) is 15.8. The second-order valence-electron chi connectivity index (χ2n) is 7.45. The fraction of sp³-hybridized carbons (Fsp3) is 0.182. The second kappa shape index (κ2) is 7.55. The summed E-state index contributed by atoms with van der Waals surface area (Å²) >= 11 is 0. The van der Waals surface area contributed by atoms with Crippen molar-refractivity contribution in [2.45, 2.75) is 16.3 Å². The standard InChI is InChI=1S/C22H24NO3S/c1-23(2,3)17-18-9-7-8-12-22(18)26-19-13-15-21(16-14-19)27(24,25)20-10-5-4-6-11-20/h4-16H,17H2,1-3H3/q+1. The maximum atomic E-state index is 12.7. The molecule has 4 nitrogen and oxygen atoms in total. The highest BCUT2D eigenvalue weighted by Crippen LogP contribution is 2.29. The van der Waals surface area contributed by atoms with Crippen molar-refractivity contribution in [3.63, 3.8) is 0 Å². The maximum absolute atomic E-state index is 12.7. The zero-order chi connectivity index (χ0) is 19.5. The summed E-state index contributed by atoms with van der Waals surface area (Å²) < 4.78 is 32.2. The van der Waals surface area contributed by atoms with Gasteiger partial charge in [-0.2, -0.15) is 0 Å². The minimum atomic E-state index is -3.52. The number of rotatable bonds is 6. The van der Waals surface area contributed by atoms with Gasteiger partial charge in [0, 0.05) is 5.56 Å². The van der Waals surface area contributed by atoms with Crippen molar-refractivity contribution < 1.29 is 17.6 Å². The number of hydrogen-bond acceptors (Lipinski definition) is 3. The molecule has 0 unspecified atom stereocenters. The number of ether oxygens (including phenoxy) is 1. The van der Waals surface area contributed by atoms with Crippen LogP contribution in [0.1, 0.15) is 5.56 Å². The van der Waals surface area contributed by atoms with Gasteiger partial charge in [0.05, 0.1) is 30.9 Å². The second-order valence-corrected chi connectivity index (χ2v) is 9.40. The monoisotopic (exact) mass is 382 g/mol. The molecule has 0 saturated heterocycles. The smallest absolute Gasteiger partial charge is 0.206 e. The molecule has 5 heteroatoms. The highest BCUT2D eigenvalue weighted by atomic mass is 32.2. The number of benzene rings is 3. The number of quaternary nitrogens is 1. The van der Waals surface area contributed by atoms with Gasteiger partial charge in [-0.3, -0.25) is 0 Å². The highest BCUT2D eigenvalue weighted by Gasteiger charge is 2.18. The molecule has 3 rings (SSSR count). The van der Waals surface area contributed by atoms with Crippen molar-refractivity contribution in [2.75, 3.05) is 21.1 Å². The molecule has 0 N–H and O–H groups in total. The number of nitrogens with zero attached hydrogens (tertiary/aromatic N) is 1. The van der Waals surface area contributed by atoms with Crippen LogP contribution in [0.25, 0.3) is 0 Å². The van der Waals surface area contributed by atoms with E-state index in [4.69, 9.17) is 4.74 Å². The lowest BCUT2D eigenvalue weighted by Crippen LogP contribution is -2.33. The summed E-state index contributed by atoms with van der Waals surface area (Å²) in [6.45, 7) is 0.830. The van der Waals surface area contributed by atoms with E-state index in [1.165, 1.54) is 0 Å². The summed E-state index contributed by atoms with van der Waals surface area (Å²) in [4.78, 5) is 0.535. The molecule has 0 radical (unpaired) electrons. The van der Waals surface area contributed by atoms with Crippen LogP contribution in [0.15, 0.2) is 88.7 Å². The molecule has 0 spiro atoms. The summed E-state index contributed by atoms with van der Waals surface area (Å²) in [6, 6.07) is 22.9. The van der Waals surface area contributed by atoms with Crippen LogP contribution in [-0.4, -0.2) is 34.0 Å². The van der Waals surface area contributed by atoms with Gasteiger partial charge in [-0.15, -0.1) is 0 Å². The zero-order valence-corrected chi connectivity index (χ0v) is 16.6. The number of sulfone groups is 1. The molecule has 140 valence electrons. The van der Waals surface area contributed by atoms with Gasteiger partial charge in [-0.05, 0) is 48.5 Å². The molecular weight excluding hydrogens is 358 g/mol. The van der Waals surface area contributed by atoms with Crippen LogP contribution in [0.2, 0.25) is 0 Å². The molecule has 3 aromatic carbocycles. The van der Waals surface area contributed by atoms with Gasteiger partial charge >= 0.3 is 0 Å². The minimum absolute atomic E-state index is 0.251. The molecule has 3 aromatic rings. The summed E-state index contributed by atoms with van der Waals surface area (Å²) in [5.74, 6) is 1.39. The molecule has 0 aliphatic carbocycles. The van der Waals surface area contributed by atoms with Crippen molar-refractivity contribution in [3.05, 3.63) is 84.4 Å². The molecule has 0 aliphatic heterocycles. The van der Waals surface area contributed by atoms with Crippen molar-refractivity contribution in [1.29, 1.82) is 0 Å². The Labute approximate surface area is 161 Å². The highest BCUT2D eigenvalue weighted by molar-refractivity contribution is 7.91. The first-order valence-corrected chi connectivity index (χ1v) is 10.2. The molecule has 0 heterocycles. The molecule has 0 saturated carbocycles. The first-order chi connectivity index (χ1) is 12.8. The molecule has 0 atom stereocenters. The maximum Gasteiger partial charge on any atom is 0.206 e. The average Bonchev–Trinajstić information content (AvgIpc) is 2.63. The Kier molecular flexibility index (Phi) is 5.35. The van der Waals surface area contributed by atoms with Crippen molar-refractivity contribution in [3.8, 4) is 11.5 Å². The van der Waals surface area contributed by atoms with Crippen molar-refractivity contribution >= 4 is 9.84 Å². The molecule has 0 aliphatic rings. The van der Waals surface area contributed by atoms with Crippen LogP contribution in [0, 0.1) is 0 Å². The topological polar surface area (TPSA) is 43.4 Å². The Morgan fingerprint density at radius 2 is 1.30 bits per heavy atom. The van der Waals surface area contributed by atoms with E-state index in [9.17, 15) is 8.42 Å². The molecule has 27 heavy (non-hydrogen) atoms. The van der Waals surface area contributed by atoms with Gasteiger partial charge in [0.15, 0.2) is 0 Å². The summed E-state index contributed by atoms with van der Waals surface area (Å²) in [6.07, 6.45) is 0. The van der Waals surface area contributed by atoms with Crippen LogP contribution in [0.5, 0.6) is 11.5 Å². The van der Waals surface area contributed by atoms with E-state index >= 15 is 0 Å². The molecule has 0 aromatic heterocycles. The van der Waals surface area contributed by atoms with Gasteiger partial charge < -0.3 is 9.22 Å². The minimum Gasteiger partial charge on any atom is -0.457 e. The third kappa shape index (κ3) is 4.76. The molecular formula is C22H24NO3S+. The van der Waals surface area contributed by atoms with E-state index in [-0.39, 0.29) is 9.79 Å². The number of para-hydroxylation sites is 1. The largest absolute Gasteiger partial charge is 0.457 e. The summed E-state index contributed by atoms with van der Waals surface area (Å²) in [5.41, 5.74) is 1.10. The van der Waals surface area contributed by atoms with Crippen LogP contribution in [0.4, 0.5) is 0 Å². The molecule has 0 bridgehead atoms. The predicted octanol–water partition coefficient (Wildman–Crippen LogP) is 4.52. The van der Waals surface area contributed by atoms with Gasteiger partial charge in [-0.25, -0.2) is 8.42 Å². The van der Waals surface area contributed by atoms with E-state index in [1.54, 1.807) is 54.6 Å². The van der Waals surface area contributed by atoms with E-state index < -0.39 is 9.84 Å². The Morgan fingerprint density at radius 3 is 1.93 bits per heavy atom. The molecule has 0 fully saturated rings. The Hall–Kier alpha value is -2.63. The van der Waals surface area contributed by atoms with Crippen molar-refractivity contribution in [1.82, 2.24) is 0 Å². The SMILES string of the molecule is C[N+](C)(C)Cc1ccccc1Oc1ccc(S(=O)(=O)c2ccccc2)cc1. The Morgan fingerprint density at radius 1 is 0.741 bits per heavy atom. The third-order valence-corrected chi connectivity index (χ3v) is 5.82. The van der Waals surface area contributed by atoms with Gasteiger partial charge in [0.1, 0.15) is 18.0 Å². The first-order valence-electron chi connectivity index (χ1n) is 8.72. The predicted molar refractivity (Wildman–Crippen MR) is 107 cm³/mol. The van der Waals surface area contributed by atoms with Crippen LogP contribution >= 0.6 is 0 Å². The third-order valence-electron chi connectivity index (χ3n) is 4.03. The van der Waals surface area contributed by atoms with Crippen molar-refractivity contribution in [2.24, 2.45) is 0 Å². The Bertz CT molecular complexity index is 1010. The van der Waals surface area contributed by atoms with E-state index in [2.05, 4.69) is 21.1 Å². The van der Waals surface area contributed by atoms with Crippen LogP contribution in [0.3, 0.4) is 0 Å². The van der Waals surface area contributed by atoms with E-state index in [0.29, 0.717) is 5.75 Å². The fourth-order valence-corrected chi connectivity index (χ4v) is 4.08. The first kappa shape index (κ1) is 19.1. The van der Waals surface area contributed by atoms with E-state index in [1.807, 2.05) is 24.3 Å². The van der Waals surface area contributed by atoms with Gasteiger partial charge in [0.25, 0.3) is 0 Å². The molecule has 0 amide bonds.